The summed E-state index contributed by atoms with van der Waals surface area (Å²) in [6.07, 6.45) is 0.270. The summed E-state index contributed by atoms with van der Waals surface area (Å²) in [5.41, 5.74) is -0.0930. The number of nitrogens with one attached hydrogen (secondary N) is 1. The molecule has 0 bridgehead atoms. The fourth-order valence-corrected chi connectivity index (χ4v) is 1.46. The van der Waals surface area contributed by atoms with E-state index >= 15 is 0 Å². The van der Waals surface area contributed by atoms with Crippen LogP contribution in [0.15, 0.2) is 24.3 Å². The standard InChI is InChI=1S/C13H20N2O4/c1-3-10(2)14-8-11(16)9-19-13-7-5-4-6-12(13)15(17)18/h4-7,10-11,14,16H,3,8-9H2,1-2H3/t10-,11+/m0/s1. The van der Waals surface area contributed by atoms with Crippen LogP contribution in [0.25, 0.3) is 0 Å². The first-order chi connectivity index (χ1) is 9.04. The van der Waals surface area contributed by atoms with Crippen LogP contribution in [-0.4, -0.2) is 35.3 Å². The molecule has 0 aliphatic heterocycles. The molecule has 1 rings (SSSR count). The minimum Gasteiger partial charge on any atom is -0.484 e. The van der Waals surface area contributed by atoms with Gasteiger partial charge in [0.2, 0.25) is 0 Å². The van der Waals surface area contributed by atoms with E-state index in [1.54, 1.807) is 12.1 Å². The van der Waals surface area contributed by atoms with Gasteiger partial charge in [0.25, 0.3) is 0 Å². The zero-order valence-electron chi connectivity index (χ0n) is 11.2. The lowest BCUT2D eigenvalue weighted by atomic mass is 10.2. The van der Waals surface area contributed by atoms with Crippen LogP contribution in [0, 0.1) is 10.1 Å². The number of rotatable bonds is 8. The zero-order chi connectivity index (χ0) is 14.3. The highest BCUT2D eigenvalue weighted by molar-refractivity contribution is 5.45. The second kappa shape index (κ2) is 7.70. The maximum Gasteiger partial charge on any atom is 0.310 e. The van der Waals surface area contributed by atoms with Gasteiger partial charge in [-0.3, -0.25) is 10.1 Å². The first kappa shape index (κ1) is 15.4. The first-order valence-electron chi connectivity index (χ1n) is 6.32. The number of benzene rings is 1. The molecule has 0 amide bonds. The van der Waals surface area contributed by atoms with Crippen LogP contribution in [0.2, 0.25) is 0 Å². The van der Waals surface area contributed by atoms with Gasteiger partial charge in [-0.1, -0.05) is 19.1 Å². The molecule has 0 radical (unpaired) electrons. The maximum absolute atomic E-state index is 10.8. The third-order valence-corrected chi connectivity index (χ3v) is 2.81. The highest BCUT2D eigenvalue weighted by atomic mass is 16.6. The van der Waals surface area contributed by atoms with Crippen LogP contribution in [0.3, 0.4) is 0 Å². The zero-order valence-corrected chi connectivity index (χ0v) is 11.2. The maximum atomic E-state index is 10.8. The number of ether oxygens (including phenoxy) is 1. The molecule has 0 unspecified atom stereocenters. The molecule has 1 aromatic rings. The Hall–Kier alpha value is -1.66. The Bertz CT molecular complexity index is 411. The van der Waals surface area contributed by atoms with Gasteiger partial charge in [0.1, 0.15) is 12.7 Å². The average Bonchev–Trinajstić information content (AvgIpc) is 2.42. The lowest BCUT2D eigenvalue weighted by Crippen LogP contribution is -2.36. The smallest absolute Gasteiger partial charge is 0.310 e. The Morgan fingerprint density at radius 1 is 1.47 bits per heavy atom. The molecule has 2 atom stereocenters. The number of nitrogens with zero attached hydrogens (tertiary/aromatic N) is 1. The molecule has 0 heterocycles. The first-order valence-corrected chi connectivity index (χ1v) is 6.32. The third kappa shape index (κ3) is 5.23. The highest BCUT2D eigenvalue weighted by Gasteiger charge is 2.15. The summed E-state index contributed by atoms with van der Waals surface area (Å²) in [6, 6.07) is 6.45. The van der Waals surface area contributed by atoms with Crippen molar-refractivity contribution >= 4 is 5.69 Å². The molecule has 19 heavy (non-hydrogen) atoms. The molecule has 0 saturated carbocycles. The second-order valence-electron chi connectivity index (χ2n) is 4.41. The fourth-order valence-electron chi connectivity index (χ4n) is 1.46. The van der Waals surface area contributed by atoms with E-state index in [1.807, 2.05) is 13.8 Å². The SMILES string of the molecule is CC[C@H](C)NC[C@@H](O)COc1ccccc1[N+](=O)[O-]. The molecule has 6 heteroatoms. The highest BCUT2D eigenvalue weighted by Crippen LogP contribution is 2.25. The van der Waals surface area contributed by atoms with Crippen LogP contribution in [-0.2, 0) is 0 Å². The van der Waals surface area contributed by atoms with Crippen LogP contribution in [0.5, 0.6) is 5.75 Å². The van der Waals surface area contributed by atoms with Crippen molar-refractivity contribution in [1.82, 2.24) is 5.32 Å². The molecule has 0 fully saturated rings. The second-order valence-corrected chi connectivity index (χ2v) is 4.41. The van der Waals surface area contributed by atoms with Gasteiger partial charge in [0.15, 0.2) is 5.75 Å². The van der Waals surface area contributed by atoms with E-state index in [9.17, 15) is 15.2 Å². The molecular formula is C13H20N2O4. The van der Waals surface area contributed by atoms with E-state index in [1.165, 1.54) is 12.1 Å². The number of aliphatic hydroxyl groups is 1. The van der Waals surface area contributed by atoms with Gasteiger partial charge in [-0.2, -0.15) is 0 Å². The predicted octanol–water partition coefficient (Wildman–Crippen LogP) is 1.72. The molecule has 0 aliphatic carbocycles. The van der Waals surface area contributed by atoms with E-state index in [0.29, 0.717) is 12.6 Å². The number of hydrogen-bond donors (Lipinski definition) is 2. The van der Waals surface area contributed by atoms with E-state index < -0.39 is 11.0 Å². The lowest BCUT2D eigenvalue weighted by molar-refractivity contribution is -0.385. The Kier molecular flexibility index (Phi) is 6.24. The van der Waals surface area contributed by atoms with Gasteiger partial charge < -0.3 is 15.2 Å². The summed E-state index contributed by atoms with van der Waals surface area (Å²) in [7, 11) is 0. The molecule has 2 N–H and O–H groups in total. The summed E-state index contributed by atoms with van der Waals surface area (Å²) in [5.74, 6) is 0.176. The number of aliphatic hydroxyl groups excluding tert-OH is 1. The molecule has 0 aliphatic rings. The third-order valence-electron chi connectivity index (χ3n) is 2.81. The van der Waals surface area contributed by atoms with Crippen molar-refractivity contribution in [3.05, 3.63) is 34.4 Å². The monoisotopic (exact) mass is 268 g/mol. The summed E-state index contributed by atoms with van der Waals surface area (Å²) < 4.78 is 5.29. The molecule has 106 valence electrons. The van der Waals surface area contributed by atoms with Gasteiger partial charge in [0.05, 0.1) is 4.92 Å². The topological polar surface area (TPSA) is 84.6 Å². The number of hydrogen-bond acceptors (Lipinski definition) is 5. The van der Waals surface area contributed by atoms with E-state index in [-0.39, 0.29) is 18.0 Å². The van der Waals surface area contributed by atoms with Gasteiger partial charge in [-0.25, -0.2) is 0 Å². The summed E-state index contributed by atoms with van der Waals surface area (Å²) in [5, 5.41) is 23.6. The number of nitro groups is 1. The predicted molar refractivity (Wildman–Crippen MR) is 72.4 cm³/mol. The van der Waals surface area contributed by atoms with Gasteiger partial charge >= 0.3 is 5.69 Å². The van der Waals surface area contributed by atoms with Crippen molar-refractivity contribution in [2.75, 3.05) is 13.2 Å². The Morgan fingerprint density at radius 2 is 2.16 bits per heavy atom. The molecule has 1 aromatic carbocycles. The van der Waals surface area contributed by atoms with E-state index in [0.717, 1.165) is 6.42 Å². The van der Waals surface area contributed by atoms with Crippen LogP contribution in [0.4, 0.5) is 5.69 Å². The Balaban J connectivity index is 2.46. The normalized spacial score (nSPS) is 13.8. The van der Waals surface area contributed by atoms with Gasteiger partial charge in [-0.15, -0.1) is 0 Å². The van der Waals surface area contributed by atoms with Crippen molar-refractivity contribution in [1.29, 1.82) is 0 Å². The molecular weight excluding hydrogens is 248 g/mol. The van der Waals surface area contributed by atoms with Crippen molar-refractivity contribution in [3.8, 4) is 5.75 Å². The van der Waals surface area contributed by atoms with Crippen molar-refractivity contribution in [3.63, 3.8) is 0 Å². The van der Waals surface area contributed by atoms with Crippen LogP contribution >= 0.6 is 0 Å². The molecule has 0 aromatic heterocycles. The van der Waals surface area contributed by atoms with Crippen molar-refractivity contribution < 1.29 is 14.8 Å². The Morgan fingerprint density at radius 3 is 2.79 bits per heavy atom. The quantitative estimate of drug-likeness (QED) is 0.554. The number of nitro benzene ring substituents is 1. The van der Waals surface area contributed by atoms with Crippen LogP contribution < -0.4 is 10.1 Å². The van der Waals surface area contributed by atoms with Crippen molar-refractivity contribution in [2.45, 2.75) is 32.4 Å². The summed E-state index contributed by atoms with van der Waals surface area (Å²) in [4.78, 5) is 10.3. The minimum absolute atomic E-state index is 0.0221. The Labute approximate surface area is 112 Å². The fraction of sp³-hybridized carbons (Fsp3) is 0.538. The van der Waals surface area contributed by atoms with Crippen LogP contribution in [0.1, 0.15) is 20.3 Å². The van der Waals surface area contributed by atoms with Crippen molar-refractivity contribution in [2.24, 2.45) is 0 Å². The largest absolute Gasteiger partial charge is 0.484 e. The van der Waals surface area contributed by atoms with Gasteiger partial charge in [-0.05, 0) is 19.4 Å². The van der Waals surface area contributed by atoms with E-state index in [2.05, 4.69) is 5.32 Å². The minimum atomic E-state index is -0.700. The van der Waals surface area contributed by atoms with E-state index in [4.69, 9.17) is 4.74 Å². The summed E-state index contributed by atoms with van der Waals surface area (Å²) >= 11 is 0. The molecule has 0 saturated heterocycles. The van der Waals surface area contributed by atoms with Gasteiger partial charge in [0, 0.05) is 18.7 Å². The summed E-state index contributed by atoms with van der Waals surface area (Å²) in [6.45, 7) is 4.49. The lowest BCUT2D eigenvalue weighted by Gasteiger charge is -2.16. The number of para-hydroxylation sites is 2. The molecule has 0 spiro atoms. The molecule has 6 nitrogen and oxygen atoms in total. The average molecular weight is 268 g/mol.